The fourth-order valence-electron chi connectivity index (χ4n) is 0.391. The van der Waals surface area contributed by atoms with Crippen molar-refractivity contribution in [2.24, 2.45) is 5.14 Å². The average molecular weight is 172 g/mol. The Kier molecular flexibility index (Phi) is 3.46. The number of alkyl halides is 1. The number of nitrogens with two attached hydrogens (primary N) is 1. The van der Waals surface area contributed by atoms with Crippen molar-refractivity contribution in [3.8, 4) is 0 Å². The Bertz CT molecular complexity index is 165. The third-order valence-electron chi connectivity index (χ3n) is 0.872. The number of primary sulfonamides is 1. The smallest absolute Gasteiger partial charge is 0.226 e. The summed E-state index contributed by atoms with van der Waals surface area (Å²) in [5, 5.41) is 4.71. The zero-order valence-corrected chi connectivity index (χ0v) is 6.74. The van der Waals surface area contributed by atoms with Gasteiger partial charge in [0, 0.05) is 0 Å². The van der Waals surface area contributed by atoms with Crippen LogP contribution in [0, 0.1) is 0 Å². The van der Waals surface area contributed by atoms with Gasteiger partial charge in [0.05, 0.1) is 0 Å². The largest absolute Gasteiger partial charge is 0.227 e. The number of hydrogen-bond donors (Lipinski definition) is 1. The Balaban J connectivity index is 3.90. The molecular formula is C4H10ClNO2S. The van der Waals surface area contributed by atoms with Gasteiger partial charge in [0.15, 0.2) is 0 Å². The van der Waals surface area contributed by atoms with Gasteiger partial charge in [0.25, 0.3) is 0 Å². The molecule has 0 saturated heterocycles. The van der Waals surface area contributed by atoms with Gasteiger partial charge >= 0.3 is 0 Å². The Morgan fingerprint density at radius 1 is 1.67 bits per heavy atom. The summed E-state index contributed by atoms with van der Waals surface area (Å²) in [4.78, 5) is 0. The van der Waals surface area contributed by atoms with Gasteiger partial charge in [-0.05, 0) is 6.42 Å². The van der Waals surface area contributed by atoms with Crippen LogP contribution < -0.4 is 5.14 Å². The van der Waals surface area contributed by atoms with Crippen molar-refractivity contribution < 1.29 is 8.42 Å². The molecule has 1 unspecified atom stereocenters. The van der Waals surface area contributed by atoms with Crippen molar-refractivity contribution in [3.63, 3.8) is 0 Å². The summed E-state index contributed by atoms with van der Waals surface area (Å²) >= 11 is 5.34. The normalized spacial score (nSPS) is 15.4. The van der Waals surface area contributed by atoms with Crippen molar-refractivity contribution in [3.05, 3.63) is 0 Å². The van der Waals surface area contributed by atoms with Gasteiger partial charge in [0.2, 0.25) is 10.0 Å². The molecule has 2 N–H and O–H groups in total. The highest BCUT2D eigenvalue weighted by Gasteiger charge is 2.15. The fraction of sp³-hybridized carbons (Fsp3) is 1.00. The third kappa shape index (κ3) is 3.72. The molecule has 56 valence electrons. The predicted molar refractivity (Wildman–Crippen MR) is 37.7 cm³/mol. The molecule has 0 aromatic heterocycles. The molecular weight excluding hydrogens is 162 g/mol. The molecule has 5 heteroatoms. The van der Waals surface area contributed by atoms with Gasteiger partial charge < -0.3 is 0 Å². The maximum Gasteiger partial charge on any atom is 0.226 e. The molecule has 0 aliphatic rings. The summed E-state index contributed by atoms with van der Waals surface area (Å²) < 4.78 is 19.8. The van der Waals surface area contributed by atoms with Crippen LogP contribution in [0.3, 0.4) is 0 Å². The van der Waals surface area contributed by atoms with E-state index in [1.165, 1.54) is 0 Å². The Morgan fingerprint density at radius 2 is 2.11 bits per heavy atom. The van der Waals surface area contributed by atoms with Crippen molar-refractivity contribution in [2.75, 3.05) is 0 Å². The molecule has 0 aromatic carbocycles. The second-order valence-corrected chi connectivity index (χ2v) is 4.32. The van der Waals surface area contributed by atoms with Gasteiger partial charge in [-0.1, -0.05) is 13.3 Å². The SMILES string of the molecule is CCCC(Cl)S(N)(=O)=O. The number of sulfonamides is 1. The minimum atomic E-state index is -3.50. The maximum atomic E-state index is 10.4. The summed E-state index contributed by atoms with van der Waals surface area (Å²) in [7, 11) is -3.50. The highest BCUT2D eigenvalue weighted by Crippen LogP contribution is 2.08. The zero-order valence-electron chi connectivity index (χ0n) is 5.17. The molecule has 0 amide bonds. The van der Waals surface area contributed by atoms with Crippen LogP contribution in [0.2, 0.25) is 0 Å². The minimum absolute atomic E-state index is 0.417. The predicted octanol–water partition coefficient (Wildman–Crippen LogP) is 0.640. The summed E-state index contributed by atoms with van der Waals surface area (Å²) in [6.07, 6.45) is 1.14. The molecule has 0 saturated carbocycles. The van der Waals surface area contributed by atoms with E-state index in [4.69, 9.17) is 16.7 Å². The first-order valence-corrected chi connectivity index (χ1v) is 4.68. The Labute approximate surface area is 60.2 Å². The van der Waals surface area contributed by atoms with Crippen LogP contribution in [0.25, 0.3) is 0 Å². The van der Waals surface area contributed by atoms with E-state index in [0.717, 1.165) is 6.42 Å². The molecule has 0 fully saturated rings. The van der Waals surface area contributed by atoms with E-state index in [1.54, 1.807) is 0 Å². The van der Waals surface area contributed by atoms with Crippen LogP contribution in [0.1, 0.15) is 19.8 Å². The van der Waals surface area contributed by atoms with E-state index in [1.807, 2.05) is 6.92 Å². The zero-order chi connectivity index (χ0) is 7.49. The van der Waals surface area contributed by atoms with Crippen LogP contribution in [0.15, 0.2) is 0 Å². The van der Waals surface area contributed by atoms with Gasteiger partial charge in [-0.25, -0.2) is 13.6 Å². The van der Waals surface area contributed by atoms with Crippen LogP contribution >= 0.6 is 11.6 Å². The first-order valence-electron chi connectivity index (χ1n) is 2.64. The summed E-state index contributed by atoms with van der Waals surface area (Å²) in [6.45, 7) is 1.85. The molecule has 0 bridgehead atoms. The Morgan fingerprint density at radius 3 is 2.22 bits per heavy atom. The summed E-state index contributed by atoms with van der Waals surface area (Å²) in [6, 6.07) is 0. The van der Waals surface area contributed by atoms with Gasteiger partial charge in [0.1, 0.15) is 4.71 Å². The topological polar surface area (TPSA) is 60.2 Å². The molecule has 0 aromatic rings. The van der Waals surface area contributed by atoms with E-state index in [9.17, 15) is 8.42 Å². The molecule has 0 spiro atoms. The van der Waals surface area contributed by atoms with Crippen LogP contribution in [-0.4, -0.2) is 13.1 Å². The van der Waals surface area contributed by atoms with E-state index in [2.05, 4.69) is 0 Å². The third-order valence-corrected chi connectivity index (χ3v) is 2.78. The van der Waals surface area contributed by atoms with Crippen molar-refractivity contribution >= 4 is 21.6 Å². The summed E-state index contributed by atoms with van der Waals surface area (Å²) in [5.41, 5.74) is 0. The van der Waals surface area contributed by atoms with E-state index in [-0.39, 0.29) is 0 Å². The quantitative estimate of drug-likeness (QED) is 0.634. The van der Waals surface area contributed by atoms with E-state index < -0.39 is 14.7 Å². The first kappa shape index (κ1) is 9.20. The van der Waals surface area contributed by atoms with E-state index >= 15 is 0 Å². The highest BCUT2D eigenvalue weighted by atomic mass is 35.5. The van der Waals surface area contributed by atoms with Crippen LogP contribution in [-0.2, 0) is 10.0 Å². The molecule has 0 rings (SSSR count). The van der Waals surface area contributed by atoms with E-state index in [0.29, 0.717) is 6.42 Å². The monoisotopic (exact) mass is 171 g/mol. The molecule has 9 heavy (non-hydrogen) atoms. The van der Waals surface area contributed by atoms with Gasteiger partial charge in [-0.2, -0.15) is 0 Å². The van der Waals surface area contributed by atoms with Crippen LogP contribution in [0.5, 0.6) is 0 Å². The van der Waals surface area contributed by atoms with Gasteiger partial charge in [-0.3, -0.25) is 0 Å². The lowest BCUT2D eigenvalue weighted by Crippen LogP contribution is -2.23. The van der Waals surface area contributed by atoms with Crippen molar-refractivity contribution in [1.82, 2.24) is 0 Å². The Hall–Kier alpha value is 0.200. The molecule has 1 atom stereocenters. The van der Waals surface area contributed by atoms with Crippen molar-refractivity contribution in [2.45, 2.75) is 24.5 Å². The minimum Gasteiger partial charge on any atom is -0.227 e. The second-order valence-electron chi connectivity index (χ2n) is 1.79. The highest BCUT2D eigenvalue weighted by molar-refractivity contribution is 7.91. The lowest BCUT2D eigenvalue weighted by molar-refractivity contribution is 0.590. The lowest BCUT2D eigenvalue weighted by Gasteiger charge is -2.02. The number of hydrogen-bond acceptors (Lipinski definition) is 2. The average Bonchev–Trinajstić information content (AvgIpc) is 1.64. The molecule has 3 nitrogen and oxygen atoms in total. The number of halogens is 1. The lowest BCUT2D eigenvalue weighted by atomic mass is 10.4. The standard InChI is InChI=1S/C4H10ClNO2S/c1-2-3-4(5)9(6,7)8/h4H,2-3H2,1H3,(H2,6,7,8). The molecule has 0 heterocycles. The molecule has 0 aliphatic heterocycles. The van der Waals surface area contributed by atoms with Crippen molar-refractivity contribution in [1.29, 1.82) is 0 Å². The fourth-order valence-corrected chi connectivity index (χ4v) is 1.17. The first-order chi connectivity index (χ1) is 3.98. The van der Waals surface area contributed by atoms with Gasteiger partial charge in [-0.15, -0.1) is 11.6 Å². The molecule has 0 aliphatic carbocycles. The second kappa shape index (κ2) is 3.39. The number of rotatable bonds is 3. The molecule has 0 radical (unpaired) electrons. The maximum absolute atomic E-state index is 10.4. The summed E-state index contributed by atoms with van der Waals surface area (Å²) in [5.74, 6) is 0. The van der Waals surface area contributed by atoms with Crippen LogP contribution in [0.4, 0.5) is 0 Å².